The molecule has 1 aliphatic heterocycles. The second kappa shape index (κ2) is 7.81. The Morgan fingerprint density at radius 2 is 1.92 bits per heavy atom. The van der Waals surface area contributed by atoms with E-state index in [2.05, 4.69) is 10.2 Å². The van der Waals surface area contributed by atoms with Crippen LogP contribution in [0, 0.1) is 13.8 Å². The molecule has 3 rings (SSSR count). The average molecular weight is 357 g/mol. The predicted octanol–water partition coefficient (Wildman–Crippen LogP) is 3.80. The minimum Gasteiger partial charge on any atom is -0.493 e. The molecule has 1 unspecified atom stereocenters. The highest BCUT2D eigenvalue weighted by atomic mass is 16.5. The van der Waals surface area contributed by atoms with Crippen LogP contribution in [0.15, 0.2) is 18.2 Å². The standard InChI is InChI=1S/C20H27N3O3/c1-13-19(14(2)22-21-13)16-8-6-5-7-11-23(16)20(24)15-9-10-17(25-3)18(12-15)26-4/h9-10,12,16H,5-8,11H2,1-4H3,(H,21,22). The Bertz CT molecular complexity index is 765. The van der Waals surface area contributed by atoms with E-state index in [1.165, 1.54) is 0 Å². The molecule has 6 nitrogen and oxygen atoms in total. The Morgan fingerprint density at radius 3 is 2.58 bits per heavy atom. The van der Waals surface area contributed by atoms with Crippen LogP contribution in [0.3, 0.4) is 0 Å². The molecule has 1 saturated heterocycles. The number of H-pyrrole nitrogens is 1. The van der Waals surface area contributed by atoms with E-state index in [1.807, 2.05) is 18.7 Å². The van der Waals surface area contributed by atoms with Crippen molar-refractivity contribution in [3.8, 4) is 11.5 Å². The second-order valence-electron chi connectivity index (χ2n) is 6.78. The van der Waals surface area contributed by atoms with Gasteiger partial charge in [-0.3, -0.25) is 9.89 Å². The minimum atomic E-state index is 0.0258. The summed E-state index contributed by atoms with van der Waals surface area (Å²) >= 11 is 0. The quantitative estimate of drug-likeness (QED) is 0.904. The summed E-state index contributed by atoms with van der Waals surface area (Å²) in [5, 5.41) is 7.40. The molecule has 2 heterocycles. The van der Waals surface area contributed by atoms with E-state index in [9.17, 15) is 4.79 Å². The third kappa shape index (κ3) is 3.41. The summed E-state index contributed by atoms with van der Waals surface area (Å²) in [6.07, 6.45) is 4.23. The average Bonchev–Trinajstić information content (AvgIpc) is 2.86. The highest BCUT2D eigenvalue weighted by Gasteiger charge is 2.31. The van der Waals surface area contributed by atoms with Gasteiger partial charge in [0.15, 0.2) is 11.5 Å². The molecule has 1 N–H and O–H groups in total. The summed E-state index contributed by atoms with van der Waals surface area (Å²) in [4.78, 5) is 15.3. The van der Waals surface area contributed by atoms with Crippen LogP contribution in [0.5, 0.6) is 11.5 Å². The van der Waals surface area contributed by atoms with E-state index in [4.69, 9.17) is 9.47 Å². The molecule has 1 amide bonds. The zero-order valence-corrected chi connectivity index (χ0v) is 16.0. The van der Waals surface area contributed by atoms with Crippen LogP contribution < -0.4 is 9.47 Å². The largest absolute Gasteiger partial charge is 0.493 e. The summed E-state index contributed by atoms with van der Waals surface area (Å²) in [6.45, 7) is 4.78. The Kier molecular flexibility index (Phi) is 5.49. The van der Waals surface area contributed by atoms with Gasteiger partial charge in [0.2, 0.25) is 0 Å². The van der Waals surface area contributed by atoms with Crippen LogP contribution in [0.25, 0.3) is 0 Å². The van der Waals surface area contributed by atoms with E-state index in [0.29, 0.717) is 17.1 Å². The highest BCUT2D eigenvalue weighted by molar-refractivity contribution is 5.95. The number of rotatable bonds is 4. The number of hydrogen-bond acceptors (Lipinski definition) is 4. The van der Waals surface area contributed by atoms with Gasteiger partial charge in [-0.1, -0.05) is 12.8 Å². The van der Waals surface area contributed by atoms with Gasteiger partial charge in [-0.05, 0) is 44.9 Å². The molecule has 0 aliphatic carbocycles. The van der Waals surface area contributed by atoms with Gasteiger partial charge in [0.05, 0.1) is 26.0 Å². The number of aryl methyl sites for hydroxylation is 2. The van der Waals surface area contributed by atoms with Gasteiger partial charge in [0.1, 0.15) is 0 Å². The zero-order valence-electron chi connectivity index (χ0n) is 16.0. The molecular weight excluding hydrogens is 330 g/mol. The van der Waals surface area contributed by atoms with Gasteiger partial charge in [-0.15, -0.1) is 0 Å². The Balaban J connectivity index is 1.97. The number of aromatic amines is 1. The third-order valence-electron chi connectivity index (χ3n) is 5.16. The molecule has 0 saturated carbocycles. The number of carbonyl (C=O) groups excluding carboxylic acids is 1. The number of nitrogens with zero attached hydrogens (tertiary/aromatic N) is 2. The first-order valence-corrected chi connectivity index (χ1v) is 9.11. The lowest BCUT2D eigenvalue weighted by Crippen LogP contribution is -2.35. The van der Waals surface area contributed by atoms with Crippen LogP contribution in [0.4, 0.5) is 0 Å². The molecule has 26 heavy (non-hydrogen) atoms. The first kappa shape index (κ1) is 18.3. The first-order valence-electron chi connectivity index (χ1n) is 9.11. The van der Waals surface area contributed by atoms with E-state index in [-0.39, 0.29) is 11.9 Å². The van der Waals surface area contributed by atoms with Crippen molar-refractivity contribution < 1.29 is 14.3 Å². The summed E-state index contributed by atoms with van der Waals surface area (Å²) in [6, 6.07) is 5.41. The van der Waals surface area contributed by atoms with Gasteiger partial charge >= 0.3 is 0 Å². The number of aromatic nitrogens is 2. The van der Waals surface area contributed by atoms with Gasteiger partial charge in [0.25, 0.3) is 5.91 Å². The van der Waals surface area contributed by atoms with E-state index >= 15 is 0 Å². The molecule has 1 atom stereocenters. The molecule has 1 aliphatic rings. The summed E-state index contributed by atoms with van der Waals surface area (Å²) in [5.74, 6) is 1.22. The van der Waals surface area contributed by atoms with E-state index in [0.717, 1.165) is 49.2 Å². The maximum absolute atomic E-state index is 13.3. The van der Waals surface area contributed by atoms with Crippen molar-refractivity contribution >= 4 is 5.91 Å². The van der Waals surface area contributed by atoms with E-state index < -0.39 is 0 Å². The van der Waals surface area contributed by atoms with Gasteiger partial charge in [-0.25, -0.2) is 0 Å². The maximum Gasteiger partial charge on any atom is 0.254 e. The van der Waals surface area contributed by atoms with Crippen molar-refractivity contribution in [2.24, 2.45) is 0 Å². The molecule has 0 bridgehead atoms. The third-order valence-corrected chi connectivity index (χ3v) is 5.16. The molecule has 2 aromatic rings. The van der Waals surface area contributed by atoms with Crippen LogP contribution in [0.1, 0.15) is 59.0 Å². The fraction of sp³-hybridized carbons (Fsp3) is 0.500. The van der Waals surface area contributed by atoms with Crippen LogP contribution in [-0.4, -0.2) is 41.8 Å². The number of carbonyl (C=O) groups is 1. The van der Waals surface area contributed by atoms with Crippen molar-refractivity contribution in [2.45, 2.75) is 45.6 Å². The van der Waals surface area contributed by atoms with Gasteiger partial charge in [0, 0.05) is 23.4 Å². The zero-order chi connectivity index (χ0) is 18.7. The van der Waals surface area contributed by atoms with Crippen molar-refractivity contribution in [1.29, 1.82) is 0 Å². The lowest BCUT2D eigenvalue weighted by atomic mass is 9.98. The van der Waals surface area contributed by atoms with Crippen molar-refractivity contribution in [2.75, 3.05) is 20.8 Å². The smallest absolute Gasteiger partial charge is 0.254 e. The normalized spacial score (nSPS) is 17.7. The topological polar surface area (TPSA) is 67.5 Å². The fourth-order valence-corrected chi connectivity index (χ4v) is 3.84. The Morgan fingerprint density at radius 1 is 1.15 bits per heavy atom. The lowest BCUT2D eigenvalue weighted by Gasteiger charge is -2.31. The number of nitrogens with one attached hydrogen (secondary N) is 1. The van der Waals surface area contributed by atoms with Crippen LogP contribution in [-0.2, 0) is 0 Å². The molecule has 0 spiro atoms. The minimum absolute atomic E-state index is 0.0258. The molecule has 1 aromatic heterocycles. The number of likely N-dealkylation sites (tertiary alicyclic amines) is 1. The van der Waals surface area contributed by atoms with Crippen molar-refractivity contribution in [3.63, 3.8) is 0 Å². The Hall–Kier alpha value is -2.50. The molecule has 1 fully saturated rings. The number of amides is 1. The summed E-state index contributed by atoms with van der Waals surface area (Å²) < 4.78 is 10.7. The highest BCUT2D eigenvalue weighted by Crippen LogP contribution is 2.35. The molecule has 0 radical (unpaired) electrons. The number of methoxy groups -OCH3 is 2. The number of hydrogen-bond donors (Lipinski definition) is 1. The lowest BCUT2D eigenvalue weighted by molar-refractivity contribution is 0.0679. The maximum atomic E-state index is 13.3. The predicted molar refractivity (Wildman–Crippen MR) is 99.9 cm³/mol. The van der Waals surface area contributed by atoms with Crippen molar-refractivity contribution in [1.82, 2.24) is 15.1 Å². The fourth-order valence-electron chi connectivity index (χ4n) is 3.84. The first-order chi connectivity index (χ1) is 12.6. The van der Waals surface area contributed by atoms with E-state index in [1.54, 1.807) is 32.4 Å². The summed E-state index contributed by atoms with van der Waals surface area (Å²) in [5.41, 5.74) is 3.79. The molecule has 6 heteroatoms. The second-order valence-corrected chi connectivity index (χ2v) is 6.78. The number of ether oxygens (including phenoxy) is 2. The SMILES string of the molecule is COc1ccc(C(=O)N2CCCCCC2c2c(C)n[nH]c2C)cc1OC. The number of benzene rings is 1. The molecule has 1 aromatic carbocycles. The monoisotopic (exact) mass is 357 g/mol. The summed E-state index contributed by atoms with van der Waals surface area (Å²) in [7, 11) is 3.17. The van der Waals surface area contributed by atoms with Crippen molar-refractivity contribution in [3.05, 3.63) is 40.7 Å². The molecule has 140 valence electrons. The molecular formula is C20H27N3O3. The Labute approximate surface area is 154 Å². The van der Waals surface area contributed by atoms with Gasteiger partial charge in [-0.2, -0.15) is 5.10 Å². The van der Waals surface area contributed by atoms with Crippen LogP contribution >= 0.6 is 0 Å². The van der Waals surface area contributed by atoms with Gasteiger partial charge < -0.3 is 14.4 Å². The van der Waals surface area contributed by atoms with Crippen LogP contribution in [0.2, 0.25) is 0 Å².